The summed E-state index contributed by atoms with van der Waals surface area (Å²) in [6.45, 7) is 2.38. The highest BCUT2D eigenvalue weighted by molar-refractivity contribution is 7.85. The van der Waals surface area contributed by atoms with E-state index in [9.17, 15) is 13.2 Å². The third-order valence-corrected chi connectivity index (χ3v) is 4.67. The minimum absolute atomic E-state index is 0.0526. The average molecular weight is 343 g/mol. The molecule has 1 amide bonds. The highest BCUT2D eigenvalue weighted by Crippen LogP contribution is 2.21. The number of benzene rings is 1. The number of rotatable bonds is 7. The van der Waals surface area contributed by atoms with Crippen LogP contribution in [0, 0.1) is 0 Å². The van der Waals surface area contributed by atoms with E-state index in [2.05, 4.69) is 0 Å². The molecule has 1 atom stereocenters. The molecule has 0 aliphatic carbocycles. The number of nitrogens with zero attached hydrogens (tertiary/aromatic N) is 1. The van der Waals surface area contributed by atoms with Gasteiger partial charge in [-0.05, 0) is 12.0 Å². The molecule has 0 radical (unpaired) electrons. The van der Waals surface area contributed by atoms with Gasteiger partial charge in [-0.25, -0.2) is 4.79 Å². The number of carbonyl (C=O) groups is 1. The molecule has 0 bridgehead atoms. The minimum atomic E-state index is -4.09. The number of ether oxygens (including phenoxy) is 2. The molecule has 1 aliphatic heterocycles. The van der Waals surface area contributed by atoms with Crippen molar-refractivity contribution in [1.82, 2.24) is 4.31 Å². The Morgan fingerprint density at radius 1 is 1.35 bits per heavy atom. The van der Waals surface area contributed by atoms with Crippen molar-refractivity contribution in [1.29, 1.82) is 0 Å². The molecule has 0 aromatic heterocycles. The van der Waals surface area contributed by atoms with Gasteiger partial charge in [0, 0.05) is 0 Å². The van der Waals surface area contributed by atoms with Crippen LogP contribution in [0.3, 0.4) is 0 Å². The molecule has 2 rings (SSSR count). The Bertz CT molecular complexity index is 604. The number of hydrogen-bond acceptors (Lipinski definition) is 6. The molecule has 0 saturated carbocycles. The maximum atomic E-state index is 12.0. The first-order valence-corrected chi connectivity index (χ1v) is 8.88. The lowest BCUT2D eigenvalue weighted by Crippen LogP contribution is -2.42. The maximum absolute atomic E-state index is 12.0. The van der Waals surface area contributed by atoms with Crippen LogP contribution in [-0.4, -0.2) is 44.7 Å². The lowest BCUT2D eigenvalue weighted by molar-refractivity contribution is 0.0659. The highest BCUT2D eigenvalue weighted by Gasteiger charge is 2.43. The first-order chi connectivity index (χ1) is 11.0. The Labute approximate surface area is 136 Å². The summed E-state index contributed by atoms with van der Waals surface area (Å²) in [5, 5.41) is 0. The molecule has 8 heteroatoms. The molecule has 0 spiro atoms. The van der Waals surface area contributed by atoms with E-state index in [-0.39, 0.29) is 19.8 Å². The predicted octanol–water partition coefficient (Wildman–Crippen LogP) is 2.09. The molecule has 1 saturated heterocycles. The van der Waals surface area contributed by atoms with Crippen molar-refractivity contribution in [2.24, 2.45) is 0 Å². The summed E-state index contributed by atoms with van der Waals surface area (Å²) < 4.78 is 39.5. The zero-order valence-corrected chi connectivity index (χ0v) is 13.8. The fourth-order valence-corrected chi connectivity index (χ4v) is 3.25. The van der Waals surface area contributed by atoms with E-state index < -0.39 is 22.4 Å². The lowest BCUT2D eigenvalue weighted by Gasteiger charge is -2.20. The molecule has 0 unspecified atom stereocenters. The minimum Gasteiger partial charge on any atom is -0.449 e. The standard InChI is InChI=1S/C15H21NO6S/c1-2-3-9-21-15(17)16-14(12-22-23(16,18)19)11-20-10-13-7-5-4-6-8-13/h4-8,14H,2-3,9-12H2,1H3/t14-/m1/s1. The topological polar surface area (TPSA) is 82.1 Å². The smallest absolute Gasteiger partial charge is 0.425 e. The molecule has 23 heavy (non-hydrogen) atoms. The summed E-state index contributed by atoms with van der Waals surface area (Å²) in [7, 11) is -4.09. The predicted molar refractivity (Wildman–Crippen MR) is 82.9 cm³/mol. The van der Waals surface area contributed by atoms with E-state index in [1.807, 2.05) is 37.3 Å². The van der Waals surface area contributed by atoms with Crippen molar-refractivity contribution in [2.75, 3.05) is 19.8 Å². The van der Waals surface area contributed by atoms with E-state index in [1.165, 1.54) is 0 Å². The molecular formula is C15H21NO6S. The molecule has 7 nitrogen and oxygen atoms in total. The zero-order chi connectivity index (χ0) is 16.7. The van der Waals surface area contributed by atoms with Crippen LogP contribution >= 0.6 is 0 Å². The van der Waals surface area contributed by atoms with Crippen molar-refractivity contribution >= 4 is 16.4 Å². The largest absolute Gasteiger partial charge is 0.449 e. The third kappa shape index (κ3) is 4.92. The first-order valence-electron chi connectivity index (χ1n) is 7.52. The van der Waals surface area contributed by atoms with E-state index >= 15 is 0 Å². The zero-order valence-electron chi connectivity index (χ0n) is 13.0. The summed E-state index contributed by atoms with van der Waals surface area (Å²) in [4.78, 5) is 12.0. The van der Waals surface area contributed by atoms with Gasteiger partial charge in [0.25, 0.3) is 0 Å². The number of hydrogen-bond donors (Lipinski definition) is 0. The van der Waals surface area contributed by atoms with Crippen LogP contribution in [0.5, 0.6) is 0 Å². The van der Waals surface area contributed by atoms with Gasteiger partial charge in [0.2, 0.25) is 0 Å². The average Bonchev–Trinajstić information content (AvgIpc) is 2.83. The van der Waals surface area contributed by atoms with Gasteiger partial charge < -0.3 is 9.47 Å². The van der Waals surface area contributed by atoms with Crippen LogP contribution in [0.4, 0.5) is 4.79 Å². The van der Waals surface area contributed by atoms with Gasteiger partial charge in [0.05, 0.1) is 26.4 Å². The van der Waals surface area contributed by atoms with Crippen LogP contribution < -0.4 is 0 Å². The van der Waals surface area contributed by atoms with Crippen molar-refractivity contribution in [3.8, 4) is 0 Å². The second-order valence-electron chi connectivity index (χ2n) is 5.16. The van der Waals surface area contributed by atoms with Gasteiger partial charge >= 0.3 is 16.4 Å². The van der Waals surface area contributed by atoms with Crippen LogP contribution in [0.2, 0.25) is 0 Å². The van der Waals surface area contributed by atoms with Crippen molar-refractivity contribution in [2.45, 2.75) is 32.4 Å². The summed E-state index contributed by atoms with van der Waals surface area (Å²) in [6, 6.07) is 8.77. The summed E-state index contributed by atoms with van der Waals surface area (Å²) in [5.41, 5.74) is 0.964. The van der Waals surface area contributed by atoms with E-state index in [4.69, 9.17) is 13.7 Å². The van der Waals surface area contributed by atoms with Crippen molar-refractivity contribution in [3.63, 3.8) is 0 Å². The third-order valence-electron chi connectivity index (χ3n) is 3.31. The van der Waals surface area contributed by atoms with Gasteiger partial charge in [-0.1, -0.05) is 43.7 Å². The Hall–Kier alpha value is -1.64. The van der Waals surface area contributed by atoms with E-state index in [1.54, 1.807) is 0 Å². The molecular weight excluding hydrogens is 322 g/mol. The second kappa shape index (κ2) is 8.28. The second-order valence-corrected chi connectivity index (χ2v) is 6.65. The van der Waals surface area contributed by atoms with Gasteiger partial charge in [0.15, 0.2) is 0 Å². The number of carbonyl (C=O) groups excluding carboxylic acids is 1. The summed E-state index contributed by atoms with van der Waals surface area (Å²) in [6.07, 6.45) is 0.611. The normalized spacial score (nSPS) is 19.7. The number of amides is 1. The molecule has 1 aliphatic rings. The molecule has 1 aromatic rings. The fraction of sp³-hybridized carbons (Fsp3) is 0.533. The van der Waals surface area contributed by atoms with Gasteiger partial charge in [-0.3, -0.25) is 4.18 Å². The van der Waals surface area contributed by atoms with Crippen LogP contribution in [-0.2, 0) is 30.6 Å². The SMILES string of the molecule is CCCCOC(=O)N1[C@H](COCc2ccccc2)COS1(=O)=O. The Balaban J connectivity index is 1.90. The van der Waals surface area contributed by atoms with Crippen molar-refractivity contribution < 1.29 is 26.9 Å². The van der Waals surface area contributed by atoms with E-state index in [0.717, 1.165) is 12.0 Å². The molecule has 128 valence electrons. The summed E-state index contributed by atoms with van der Waals surface area (Å²) in [5.74, 6) is 0. The quantitative estimate of drug-likeness (QED) is 0.705. The van der Waals surface area contributed by atoms with Gasteiger partial charge in [-0.15, -0.1) is 0 Å². The molecule has 1 aromatic carbocycles. The number of unbranched alkanes of at least 4 members (excludes halogenated alkanes) is 1. The lowest BCUT2D eigenvalue weighted by atomic mass is 10.2. The van der Waals surface area contributed by atoms with E-state index in [0.29, 0.717) is 17.3 Å². The van der Waals surface area contributed by atoms with Crippen LogP contribution in [0.25, 0.3) is 0 Å². The van der Waals surface area contributed by atoms with Crippen molar-refractivity contribution in [3.05, 3.63) is 35.9 Å². The monoisotopic (exact) mass is 343 g/mol. The molecule has 1 fully saturated rings. The molecule has 1 heterocycles. The van der Waals surface area contributed by atoms with Crippen LogP contribution in [0.1, 0.15) is 25.3 Å². The first kappa shape index (κ1) is 17.7. The fourth-order valence-electron chi connectivity index (χ4n) is 2.08. The molecule has 0 N–H and O–H groups in total. The Morgan fingerprint density at radius 3 is 2.78 bits per heavy atom. The van der Waals surface area contributed by atoms with Gasteiger partial charge in [-0.2, -0.15) is 12.7 Å². The van der Waals surface area contributed by atoms with Crippen LogP contribution in [0.15, 0.2) is 30.3 Å². The summed E-state index contributed by atoms with van der Waals surface area (Å²) >= 11 is 0. The maximum Gasteiger partial charge on any atom is 0.425 e. The highest BCUT2D eigenvalue weighted by atomic mass is 32.2. The van der Waals surface area contributed by atoms with Gasteiger partial charge in [0.1, 0.15) is 6.04 Å². The Morgan fingerprint density at radius 2 is 2.09 bits per heavy atom. The Kier molecular flexibility index (Phi) is 6.37.